The lowest BCUT2D eigenvalue weighted by atomic mass is 9.63. The molecule has 2 atom stereocenters. The predicted molar refractivity (Wildman–Crippen MR) is 81.4 cm³/mol. The summed E-state index contributed by atoms with van der Waals surface area (Å²) in [4.78, 5) is 0. The topological polar surface area (TPSA) is 56.0 Å². The highest BCUT2D eigenvalue weighted by Crippen LogP contribution is 2.46. The molecule has 20 heavy (non-hydrogen) atoms. The quantitative estimate of drug-likeness (QED) is 0.884. The smallest absolute Gasteiger partial charge is 0.0992 e. The number of nitrogens with one attached hydrogen (secondary N) is 1. The van der Waals surface area contributed by atoms with E-state index in [2.05, 4.69) is 32.2 Å². The van der Waals surface area contributed by atoms with E-state index in [1.165, 1.54) is 0 Å². The molecule has 0 heterocycles. The molecule has 0 aliphatic heterocycles. The van der Waals surface area contributed by atoms with E-state index >= 15 is 0 Å². The maximum absolute atomic E-state index is 10.1. The first-order chi connectivity index (χ1) is 9.32. The number of nitriles is 1. The molecule has 0 amide bonds. The molecule has 2 unspecified atom stereocenters. The minimum absolute atomic E-state index is 0.0871. The van der Waals surface area contributed by atoms with Crippen LogP contribution in [0, 0.1) is 22.2 Å². The molecule has 0 saturated heterocycles. The summed E-state index contributed by atoms with van der Waals surface area (Å²) in [7, 11) is 0. The van der Waals surface area contributed by atoms with Crippen LogP contribution in [0.1, 0.15) is 45.6 Å². The van der Waals surface area contributed by atoms with Gasteiger partial charge in [0.2, 0.25) is 0 Å². The first kappa shape index (κ1) is 14.9. The number of anilines is 1. The van der Waals surface area contributed by atoms with Crippen LogP contribution in [0.25, 0.3) is 0 Å². The van der Waals surface area contributed by atoms with Crippen molar-refractivity contribution in [3.63, 3.8) is 0 Å². The summed E-state index contributed by atoms with van der Waals surface area (Å²) in [6, 6.07) is 9.70. The van der Waals surface area contributed by atoms with Gasteiger partial charge in [0, 0.05) is 12.2 Å². The van der Waals surface area contributed by atoms with Gasteiger partial charge in [-0.1, -0.05) is 26.8 Å². The standard InChI is InChI=1S/C17H24N2O/c1-16(2)8-15(20)9-17(3,11-16)12-19-14-6-4-5-13(7-14)10-18/h4-7,15,19-20H,8-9,11-12H2,1-3H3. The van der Waals surface area contributed by atoms with Crippen molar-refractivity contribution in [3.05, 3.63) is 29.8 Å². The Kier molecular flexibility index (Phi) is 4.06. The highest BCUT2D eigenvalue weighted by molar-refractivity contribution is 5.49. The Hall–Kier alpha value is -1.53. The van der Waals surface area contributed by atoms with Crippen molar-refractivity contribution >= 4 is 5.69 Å². The zero-order valence-corrected chi connectivity index (χ0v) is 12.6. The summed E-state index contributed by atoms with van der Waals surface area (Å²) in [5.74, 6) is 0. The zero-order valence-electron chi connectivity index (χ0n) is 12.6. The molecule has 1 aliphatic carbocycles. The highest BCUT2D eigenvalue weighted by Gasteiger charge is 2.40. The van der Waals surface area contributed by atoms with Crippen molar-refractivity contribution in [2.45, 2.75) is 46.1 Å². The molecule has 0 aromatic heterocycles. The van der Waals surface area contributed by atoms with E-state index in [0.717, 1.165) is 31.5 Å². The van der Waals surface area contributed by atoms with Crippen LogP contribution in [0.5, 0.6) is 0 Å². The summed E-state index contributed by atoms with van der Waals surface area (Å²) in [5.41, 5.74) is 1.92. The summed E-state index contributed by atoms with van der Waals surface area (Å²) in [6.45, 7) is 7.51. The Labute approximate surface area is 121 Å². The second kappa shape index (κ2) is 5.46. The van der Waals surface area contributed by atoms with Crippen molar-refractivity contribution in [1.82, 2.24) is 0 Å². The van der Waals surface area contributed by atoms with Crippen LogP contribution in [-0.4, -0.2) is 17.8 Å². The molecule has 3 heteroatoms. The SMILES string of the molecule is CC1(C)CC(O)CC(C)(CNc2cccc(C#N)c2)C1. The second-order valence-corrected chi connectivity index (χ2v) is 7.26. The number of benzene rings is 1. The Morgan fingerprint density at radius 2 is 2.10 bits per heavy atom. The number of rotatable bonds is 3. The lowest BCUT2D eigenvalue weighted by Crippen LogP contribution is -2.42. The monoisotopic (exact) mass is 272 g/mol. The van der Waals surface area contributed by atoms with Gasteiger partial charge >= 0.3 is 0 Å². The van der Waals surface area contributed by atoms with Crippen molar-refractivity contribution < 1.29 is 5.11 Å². The molecule has 2 N–H and O–H groups in total. The molecule has 0 spiro atoms. The molecular weight excluding hydrogens is 248 g/mol. The average molecular weight is 272 g/mol. The Morgan fingerprint density at radius 3 is 2.75 bits per heavy atom. The van der Waals surface area contributed by atoms with Crippen molar-refractivity contribution in [2.75, 3.05) is 11.9 Å². The van der Waals surface area contributed by atoms with Gasteiger partial charge < -0.3 is 10.4 Å². The molecule has 1 aromatic rings. The van der Waals surface area contributed by atoms with Crippen LogP contribution in [0.2, 0.25) is 0 Å². The number of hydrogen-bond acceptors (Lipinski definition) is 3. The van der Waals surface area contributed by atoms with Gasteiger partial charge in [0.1, 0.15) is 0 Å². The minimum atomic E-state index is -0.212. The van der Waals surface area contributed by atoms with Gasteiger partial charge in [0.25, 0.3) is 0 Å². The van der Waals surface area contributed by atoms with Gasteiger partial charge in [-0.2, -0.15) is 5.26 Å². The molecule has 0 bridgehead atoms. The van der Waals surface area contributed by atoms with Crippen LogP contribution in [-0.2, 0) is 0 Å². The van der Waals surface area contributed by atoms with Crippen molar-refractivity contribution in [2.24, 2.45) is 10.8 Å². The lowest BCUT2D eigenvalue weighted by Gasteiger charge is -2.45. The molecule has 1 aliphatic rings. The third kappa shape index (κ3) is 3.74. The summed E-state index contributed by atoms with van der Waals surface area (Å²) in [5, 5.41) is 22.4. The largest absolute Gasteiger partial charge is 0.393 e. The minimum Gasteiger partial charge on any atom is -0.393 e. The van der Waals surface area contributed by atoms with E-state index < -0.39 is 0 Å². The Balaban J connectivity index is 2.03. The first-order valence-electron chi connectivity index (χ1n) is 7.24. The fourth-order valence-corrected chi connectivity index (χ4v) is 3.73. The van der Waals surface area contributed by atoms with Crippen LogP contribution < -0.4 is 5.32 Å². The molecular formula is C17H24N2O. The van der Waals surface area contributed by atoms with E-state index in [1.54, 1.807) is 6.07 Å². The number of aliphatic hydroxyl groups excluding tert-OH is 1. The van der Waals surface area contributed by atoms with Crippen LogP contribution in [0.4, 0.5) is 5.69 Å². The third-order valence-corrected chi connectivity index (χ3v) is 4.13. The fraction of sp³-hybridized carbons (Fsp3) is 0.588. The zero-order chi connectivity index (χ0) is 14.8. The normalized spacial score (nSPS) is 28.6. The number of nitrogens with zero attached hydrogens (tertiary/aromatic N) is 1. The Bertz CT molecular complexity index is 518. The second-order valence-electron chi connectivity index (χ2n) is 7.26. The molecule has 3 nitrogen and oxygen atoms in total. The predicted octanol–water partition coefficient (Wildman–Crippen LogP) is 3.55. The van der Waals surface area contributed by atoms with E-state index in [-0.39, 0.29) is 16.9 Å². The van der Waals surface area contributed by atoms with Gasteiger partial charge in [0.05, 0.1) is 17.7 Å². The summed E-state index contributed by atoms with van der Waals surface area (Å²) >= 11 is 0. The fourth-order valence-electron chi connectivity index (χ4n) is 3.73. The van der Waals surface area contributed by atoms with E-state index in [4.69, 9.17) is 5.26 Å². The van der Waals surface area contributed by atoms with Crippen LogP contribution in [0.15, 0.2) is 24.3 Å². The third-order valence-electron chi connectivity index (χ3n) is 4.13. The molecule has 108 valence electrons. The van der Waals surface area contributed by atoms with Gasteiger partial charge in [-0.3, -0.25) is 0 Å². The molecule has 1 fully saturated rings. The number of hydrogen-bond donors (Lipinski definition) is 2. The summed E-state index contributed by atoms with van der Waals surface area (Å²) in [6.07, 6.45) is 2.60. The molecule has 1 saturated carbocycles. The maximum Gasteiger partial charge on any atom is 0.0992 e. The summed E-state index contributed by atoms with van der Waals surface area (Å²) < 4.78 is 0. The van der Waals surface area contributed by atoms with E-state index in [9.17, 15) is 5.11 Å². The van der Waals surface area contributed by atoms with Crippen molar-refractivity contribution in [1.29, 1.82) is 5.26 Å². The van der Waals surface area contributed by atoms with Gasteiger partial charge in [-0.15, -0.1) is 0 Å². The highest BCUT2D eigenvalue weighted by atomic mass is 16.3. The number of aliphatic hydroxyl groups is 1. The Morgan fingerprint density at radius 1 is 1.35 bits per heavy atom. The molecule has 0 radical (unpaired) electrons. The van der Waals surface area contributed by atoms with Gasteiger partial charge in [-0.05, 0) is 48.3 Å². The van der Waals surface area contributed by atoms with E-state index in [0.29, 0.717) is 5.56 Å². The van der Waals surface area contributed by atoms with Crippen molar-refractivity contribution in [3.8, 4) is 6.07 Å². The van der Waals surface area contributed by atoms with Crippen LogP contribution in [0.3, 0.4) is 0 Å². The average Bonchev–Trinajstić information content (AvgIpc) is 2.34. The maximum atomic E-state index is 10.1. The molecule has 2 rings (SSSR count). The van der Waals surface area contributed by atoms with E-state index in [1.807, 2.05) is 18.2 Å². The van der Waals surface area contributed by atoms with Gasteiger partial charge in [0.15, 0.2) is 0 Å². The van der Waals surface area contributed by atoms with Gasteiger partial charge in [-0.25, -0.2) is 0 Å². The lowest BCUT2D eigenvalue weighted by molar-refractivity contribution is -0.00317. The first-order valence-corrected chi connectivity index (χ1v) is 7.24. The van der Waals surface area contributed by atoms with Crippen LogP contribution >= 0.6 is 0 Å². The molecule has 1 aromatic carbocycles.